The highest BCUT2D eigenvalue weighted by molar-refractivity contribution is 6.53. The molecule has 0 aromatic heterocycles. The highest BCUT2D eigenvalue weighted by Gasteiger charge is 2.39. The van der Waals surface area contributed by atoms with Gasteiger partial charge < -0.3 is 15.4 Å². The smallest absolute Gasteiger partial charge is 0.283 e. The van der Waals surface area contributed by atoms with Crippen molar-refractivity contribution < 1.29 is 19.1 Å². The average Bonchev–Trinajstić information content (AvgIpc) is 3.15. The molecule has 0 unspecified atom stereocenters. The molecular formula is C30H21Cl2N3O4. The molecule has 0 fully saturated rings. The van der Waals surface area contributed by atoms with Crippen LogP contribution in [0.15, 0.2) is 108 Å². The van der Waals surface area contributed by atoms with Crippen LogP contribution in [0.1, 0.15) is 15.9 Å². The fourth-order valence-electron chi connectivity index (χ4n) is 3.86. The normalized spacial score (nSPS) is 13.1. The third-order valence-corrected chi connectivity index (χ3v) is 6.71. The van der Waals surface area contributed by atoms with Crippen LogP contribution in [-0.4, -0.2) is 17.7 Å². The van der Waals surface area contributed by atoms with Gasteiger partial charge in [0.1, 0.15) is 22.2 Å². The van der Waals surface area contributed by atoms with E-state index in [2.05, 4.69) is 10.6 Å². The fourth-order valence-corrected chi connectivity index (χ4v) is 4.25. The number of rotatable bonds is 7. The molecule has 0 radical (unpaired) electrons. The number of hydrogen-bond donors (Lipinski definition) is 2. The number of para-hydroxylation sites is 1. The molecule has 1 aliphatic heterocycles. The first-order valence-corrected chi connectivity index (χ1v) is 12.6. The standard InChI is InChI=1S/C30H21Cl2N3O4/c1-18-7-10-21(17-25(18)31)34-28(36)19-8-11-20(12-9-19)33-27-26(32)29(37)35(30(27)38)22-13-15-24(16-14-22)39-23-5-3-2-4-6-23/h2-17,33H,1H3,(H,34,36). The summed E-state index contributed by atoms with van der Waals surface area (Å²) in [5.41, 5.74) is 2.65. The number of aryl methyl sites for hydroxylation is 1. The second kappa shape index (κ2) is 11.0. The van der Waals surface area contributed by atoms with Crippen LogP contribution in [0.5, 0.6) is 11.5 Å². The molecule has 9 heteroatoms. The molecule has 3 amide bonds. The maximum atomic E-state index is 13.1. The Hall–Kier alpha value is -4.59. The Kier molecular flexibility index (Phi) is 7.36. The van der Waals surface area contributed by atoms with E-state index in [-0.39, 0.29) is 16.6 Å². The van der Waals surface area contributed by atoms with Crippen LogP contribution < -0.4 is 20.3 Å². The quantitative estimate of drug-likeness (QED) is 0.236. The molecule has 0 spiro atoms. The lowest BCUT2D eigenvalue weighted by Gasteiger charge is -2.16. The zero-order valence-electron chi connectivity index (χ0n) is 20.6. The van der Waals surface area contributed by atoms with Crippen LogP contribution in [-0.2, 0) is 9.59 Å². The van der Waals surface area contributed by atoms with Crippen LogP contribution >= 0.6 is 23.2 Å². The molecule has 0 bridgehead atoms. The van der Waals surface area contributed by atoms with Crippen LogP contribution in [0.4, 0.5) is 17.1 Å². The highest BCUT2D eigenvalue weighted by atomic mass is 35.5. The number of nitrogens with zero attached hydrogens (tertiary/aromatic N) is 1. The van der Waals surface area contributed by atoms with Gasteiger partial charge in [-0.3, -0.25) is 14.4 Å². The van der Waals surface area contributed by atoms with Crippen molar-refractivity contribution in [1.29, 1.82) is 0 Å². The van der Waals surface area contributed by atoms with E-state index in [0.29, 0.717) is 39.1 Å². The molecule has 1 heterocycles. The van der Waals surface area contributed by atoms with Gasteiger partial charge in [0.25, 0.3) is 17.7 Å². The zero-order valence-corrected chi connectivity index (χ0v) is 22.1. The number of anilines is 3. The van der Waals surface area contributed by atoms with E-state index in [4.69, 9.17) is 27.9 Å². The molecule has 7 nitrogen and oxygen atoms in total. The fraction of sp³-hybridized carbons (Fsp3) is 0.0333. The van der Waals surface area contributed by atoms with E-state index in [0.717, 1.165) is 10.5 Å². The van der Waals surface area contributed by atoms with Gasteiger partial charge in [0.15, 0.2) is 0 Å². The predicted octanol–water partition coefficient (Wildman–Crippen LogP) is 7.13. The van der Waals surface area contributed by atoms with Gasteiger partial charge in [0.2, 0.25) is 0 Å². The second-order valence-electron chi connectivity index (χ2n) is 8.66. The molecule has 0 saturated heterocycles. The SMILES string of the molecule is Cc1ccc(NC(=O)c2ccc(NC3=C(Cl)C(=O)N(c4ccc(Oc5ccccc5)cc4)C3=O)cc2)cc1Cl. The summed E-state index contributed by atoms with van der Waals surface area (Å²) in [5, 5.41) is 6.02. The first-order chi connectivity index (χ1) is 18.8. The Morgan fingerprint density at radius 3 is 2.08 bits per heavy atom. The van der Waals surface area contributed by atoms with E-state index in [9.17, 15) is 14.4 Å². The molecule has 4 aromatic carbocycles. The van der Waals surface area contributed by atoms with E-state index in [1.807, 2.05) is 43.3 Å². The molecular weight excluding hydrogens is 537 g/mol. The first-order valence-electron chi connectivity index (χ1n) is 11.9. The summed E-state index contributed by atoms with van der Waals surface area (Å²) < 4.78 is 5.77. The summed E-state index contributed by atoms with van der Waals surface area (Å²) in [6.07, 6.45) is 0. The van der Waals surface area contributed by atoms with E-state index < -0.39 is 11.8 Å². The Morgan fingerprint density at radius 2 is 1.41 bits per heavy atom. The summed E-state index contributed by atoms with van der Waals surface area (Å²) >= 11 is 12.4. The highest BCUT2D eigenvalue weighted by Crippen LogP contribution is 2.32. The molecule has 0 saturated carbocycles. The van der Waals surface area contributed by atoms with Gasteiger partial charge in [-0.1, -0.05) is 47.5 Å². The molecule has 5 rings (SSSR count). The minimum absolute atomic E-state index is 0.0576. The van der Waals surface area contributed by atoms with Crippen molar-refractivity contribution in [3.63, 3.8) is 0 Å². The Morgan fingerprint density at radius 1 is 0.769 bits per heavy atom. The summed E-state index contributed by atoms with van der Waals surface area (Å²) in [4.78, 5) is 39.6. The Balaban J connectivity index is 1.25. The van der Waals surface area contributed by atoms with Gasteiger partial charge in [-0.05, 0) is 85.3 Å². The third kappa shape index (κ3) is 5.65. The van der Waals surface area contributed by atoms with Crippen molar-refractivity contribution in [1.82, 2.24) is 0 Å². The number of halogens is 2. The number of benzene rings is 4. The minimum atomic E-state index is -0.645. The van der Waals surface area contributed by atoms with Gasteiger partial charge in [-0.15, -0.1) is 0 Å². The molecule has 0 aliphatic carbocycles. The number of carbonyl (C=O) groups excluding carboxylic acids is 3. The third-order valence-electron chi connectivity index (χ3n) is 5.95. The van der Waals surface area contributed by atoms with Crippen LogP contribution in [0.25, 0.3) is 0 Å². The number of hydrogen-bond acceptors (Lipinski definition) is 5. The molecule has 194 valence electrons. The number of ether oxygens (including phenoxy) is 1. The lowest BCUT2D eigenvalue weighted by Crippen LogP contribution is -2.32. The first kappa shape index (κ1) is 26.0. The van der Waals surface area contributed by atoms with Crippen molar-refractivity contribution in [2.45, 2.75) is 6.92 Å². The van der Waals surface area contributed by atoms with Crippen molar-refractivity contribution in [3.8, 4) is 11.5 Å². The zero-order chi connectivity index (χ0) is 27.5. The second-order valence-corrected chi connectivity index (χ2v) is 9.45. The maximum Gasteiger partial charge on any atom is 0.283 e. The van der Waals surface area contributed by atoms with Gasteiger partial charge in [0, 0.05) is 22.0 Å². The molecule has 1 aliphatic rings. The molecule has 39 heavy (non-hydrogen) atoms. The monoisotopic (exact) mass is 557 g/mol. The average molecular weight is 558 g/mol. The summed E-state index contributed by atoms with van der Waals surface area (Å²) in [7, 11) is 0. The van der Waals surface area contributed by atoms with Crippen molar-refractivity contribution >= 4 is 58.0 Å². The lowest BCUT2D eigenvalue weighted by molar-refractivity contribution is -0.120. The number of carbonyl (C=O) groups is 3. The molecule has 2 N–H and O–H groups in total. The van der Waals surface area contributed by atoms with Crippen LogP contribution in [0.2, 0.25) is 5.02 Å². The van der Waals surface area contributed by atoms with E-state index in [1.165, 1.54) is 0 Å². The summed E-state index contributed by atoms with van der Waals surface area (Å²) in [6, 6.07) is 27.5. The number of amides is 3. The topological polar surface area (TPSA) is 87.7 Å². The summed E-state index contributed by atoms with van der Waals surface area (Å²) in [6.45, 7) is 1.88. The molecule has 0 atom stereocenters. The van der Waals surface area contributed by atoms with Crippen molar-refractivity contribution in [2.24, 2.45) is 0 Å². The summed E-state index contributed by atoms with van der Waals surface area (Å²) in [5.74, 6) is -0.348. The molecule has 4 aromatic rings. The van der Waals surface area contributed by atoms with E-state index in [1.54, 1.807) is 60.7 Å². The van der Waals surface area contributed by atoms with Crippen LogP contribution in [0.3, 0.4) is 0 Å². The maximum absolute atomic E-state index is 13.1. The van der Waals surface area contributed by atoms with Crippen molar-refractivity contribution in [3.05, 3.63) is 124 Å². The van der Waals surface area contributed by atoms with Gasteiger partial charge in [-0.2, -0.15) is 0 Å². The van der Waals surface area contributed by atoms with Crippen LogP contribution in [0, 0.1) is 6.92 Å². The van der Waals surface area contributed by atoms with Gasteiger partial charge >= 0.3 is 0 Å². The van der Waals surface area contributed by atoms with E-state index >= 15 is 0 Å². The lowest BCUT2D eigenvalue weighted by atomic mass is 10.1. The predicted molar refractivity (Wildman–Crippen MR) is 153 cm³/mol. The van der Waals surface area contributed by atoms with Gasteiger partial charge in [0.05, 0.1) is 5.69 Å². The Labute approximate surface area is 234 Å². The van der Waals surface area contributed by atoms with Crippen molar-refractivity contribution in [2.75, 3.05) is 15.5 Å². The number of imide groups is 1. The number of nitrogens with one attached hydrogen (secondary N) is 2. The van der Waals surface area contributed by atoms with Gasteiger partial charge in [-0.25, -0.2) is 4.90 Å². The Bertz CT molecular complexity index is 1600. The minimum Gasteiger partial charge on any atom is -0.457 e. The largest absolute Gasteiger partial charge is 0.457 e.